The molecule has 1 amide bonds. The third-order valence-corrected chi connectivity index (χ3v) is 6.37. The fourth-order valence-electron chi connectivity index (χ4n) is 3.11. The predicted molar refractivity (Wildman–Crippen MR) is 122 cm³/mol. The molecule has 1 atom stereocenters. The molecule has 0 saturated carbocycles. The number of hydrogen-bond acceptors (Lipinski definition) is 4. The van der Waals surface area contributed by atoms with Gasteiger partial charge in [0.2, 0.25) is 15.9 Å². The molecule has 0 fully saturated rings. The molecule has 3 aromatic carbocycles. The lowest BCUT2D eigenvalue weighted by molar-refractivity contribution is -0.117. The SMILES string of the molecule is COc1ccc(S(=O)(=O)NC(Cc2ccccc2)C(=O)Nc2cccc(Cl)c2)cc1C. The van der Waals surface area contributed by atoms with Crippen LogP contribution in [0.25, 0.3) is 0 Å². The summed E-state index contributed by atoms with van der Waals surface area (Å²) in [6.45, 7) is 1.76. The van der Waals surface area contributed by atoms with E-state index in [4.69, 9.17) is 16.3 Å². The summed E-state index contributed by atoms with van der Waals surface area (Å²) in [5.41, 5.74) is 1.98. The maximum atomic E-state index is 13.0. The largest absolute Gasteiger partial charge is 0.496 e. The quantitative estimate of drug-likeness (QED) is 0.530. The number of carbonyl (C=O) groups excluding carboxylic acids is 1. The Bertz CT molecular complexity index is 1170. The number of benzene rings is 3. The number of amides is 1. The van der Waals surface area contributed by atoms with Crippen LogP contribution in [0.1, 0.15) is 11.1 Å². The first-order valence-corrected chi connectivity index (χ1v) is 11.4. The fourth-order valence-corrected chi connectivity index (χ4v) is 4.58. The molecule has 6 nitrogen and oxygen atoms in total. The molecule has 0 radical (unpaired) electrons. The summed E-state index contributed by atoms with van der Waals surface area (Å²) < 4.78 is 33.8. The van der Waals surface area contributed by atoms with Gasteiger partial charge in [0.25, 0.3) is 0 Å². The van der Waals surface area contributed by atoms with E-state index in [-0.39, 0.29) is 11.3 Å². The number of methoxy groups -OCH3 is 1. The number of carbonyl (C=O) groups is 1. The second kappa shape index (κ2) is 9.96. The van der Waals surface area contributed by atoms with E-state index in [0.29, 0.717) is 22.0 Å². The lowest BCUT2D eigenvalue weighted by Crippen LogP contribution is -2.45. The Balaban J connectivity index is 1.88. The van der Waals surface area contributed by atoms with Gasteiger partial charge >= 0.3 is 0 Å². The van der Waals surface area contributed by atoms with Crippen molar-refractivity contribution >= 4 is 33.2 Å². The van der Waals surface area contributed by atoms with Crippen LogP contribution in [-0.2, 0) is 21.2 Å². The van der Waals surface area contributed by atoms with Gasteiger partial charge in [0.05, 0.1) is 12.0 Å². The minimum atomic E-state index is -3.96. The van der Waals surface area contributed by atoms with Crippen LogP contribution in [0.15, 0.2) is 77.7 Å². The zero-order valence-corrected chi connectivity index (χ0v) is 18.7. The Labute approximate surface area is 187 Å². The van der Waals surface area contributed by atoms with Gasteiger partial charge in [0.15, 0.2) is 0 Å². The van der Waals surface area contributed by atoms with Crippen molar-refractivity contribution in [1.82, 2.24) is 4.72 Å². The van der Waals surface area contributed by atoms with E-state index in [1.54, 1.807) is 37.3 Å². The van der Waals surface area contributed by atoms with Gasteiger partial charge in [-0.1, -0.05) is 48.0 Å². The molecule has 2 N–H and O–H groups in total. The van der Waals surface area contributed by atoms with E-state index >= 15 is 0 Å². The topological polar surface area (TPSA) is 84.5 Å². The van der Waals surface area contributed by atoms with Gasteiger partial charge in [-0.2, -0.15) is 4.72 Å². The molecule has 0 bridgehead atoms. The van der Waals surface area contributed by atoms with Crippen molar-refractivity contribution in [3.05, 3.63) is 88.9 Å². The monoisotopic (exact) mass is 458 g/mol. The molecular weight excluding hydrogens is 436 g/mol. The molecule has 0 saturated heterocycles. The van der Waals surface area contributed by atoms with Gasteiger partial charge in [-0.15, -0.1) is 0 Å². The molecule has 0 heterocycles. The number of ether oxygens (including phenoxy) is 1. The van der Waals surface area contributed by atoms with Gasteiger partial charge in [-0.05, 0) is 60.9 Å². The maximum Gasteiger partial charge on any atom is 0.242 e. The molecule has 31 heavy (non-hydrogen) atoms. The minimum absolute atomic E-state index is 0.0550. The first kappa shape index (κ1) is 22.8. The van der Waals surface area contributed by atoms with E-state index in [1.165, 1.54) is 19.2 Å². The van der Waals surface area contributed by atoms with Gasteiger partial charge < -0.3 is 10.1 Å². The zero-order chi connectivity index (χ0) is 22.4. The van der Waals surface area contributed by atoms with Crippen LogP contribution >= 0.6 is 11.6 Å². The maximum absolute atomic E-state index is 13.0. The molecule has 0 aromatic heterocycles. The summed E-state index contributed by atoms with van der Waals surface area (Å²) in [5, 5.41) is 3.20. The van der Waals surface area contributed by atoms with E-state index < -0.39 is 22.0 Å². The van der Waals surface area contributed by atoms with E-state index in [0.717, 1.165) is 5.56 Å². The summed E-state index contributed by atoms with van der Waals surface area (Å²) in [5.74, 6) is 0.0958. The van der Waals surface area contributed by atoms with Crippen molar-refractivity contribution in [1.29, 1.82) is 0 Å². The van der Waals surface area contributed by atoms with Crippen LogP contribution in [0.4, 0.5) is 5.69 Å². The Morgan fingerprint density at radius 1 is 1.03 bits per heavy atom. The van der Waals surface area contributed by atoms with E-state index in [1.807, 2.05) is 30.3 Å². The third-order valence-electron chi connectivity index (χ3n) is 4.67. The Hall–Kier alpha value is -2.87. The Kier molecular flexibility index (Phi) is 7.33. The first-order chi connectivity index (χ1) is 14.8. The highest BCUT2D eigenvalue weighted by Gasteiger charge is 2.26. The highest BCUT2D eigenvalue weighted by Crippen LogP contribution is 2.22. The zero-order valence-electron chi connectivity index (χ0n) is 17.1. The van der Waals surface area contributed by atoms with Crippen LogP contribution in [0, 0.1) is 6.92 Å². The third kappa shape index (κ3) is 6.07. The standard InChI is InChI=1S/C23H23ClN2O4S/c1-16-13-20(11-12-22(16)30-2)31(28,29)26-21(14-17-7-4-3-5-8-17)23(27)25-19-10-6-9-18(24)15-19/h3-13,15,21,26H,14H2,1-2H3,(H,25,27). The lowest BCUT2D eigenvalue weighted by atomic mass is 10.1. The van der Waals surface area contributed by atoms with Gasteiger partial charge in [-0.25, -0.2) is 8.42 Å². The summed E-state index contributed by atoms with van der Waals surface area (Å²) in [4.78, 5) is 13.1. The van der Waals surface area contributed by atoms with Crippen LogP contribution in [0.5, 0.6) is 5.75 Å². The highest BCUT2D eigenvalue weighted by atomic mass is 35.5. The second-order valence-corrected chi connectivity index (χ2v) is 9.15. The van der Waals surface area contributed by atoms with E-state index in [9.17, 15) is 13.2 Å². The number of halogens is 1. The molecular formula is C23H23ClN2O4S. The second-order valence-electron chi connectivity index (χ2n) is 6.99. The van der Waals surface area contributed by atoms with Crippen molar-refractivity contribution in [2.45, 2.75) is 24.3 Å². The summed E-state index contributed by atoms with van der Waals surface area (Å²) in [6.07, 6.45) is 0.182. The van der Waals surface area contributed by atoms with Crippen molar-refractivity contribution < 1.29 is 17.9 Å². The average molecular weight is 459 g/mol. The molecule has 1 unspecified atom stereocenters. The first-order valence-electron chi connectivity index (χ1n) is 9.56. The fraction of sp³-hybridized carbons (Fsp3) is 0.174. The number of sulfonamides is 1. The van der Waals surface area contributed by atoms with Crippen molar-refractivity contribution in [3.63, 3.8) is 0 Å². The van der Waals surface area contributed by atoms with Crippen molar-refractivity contribution in [2.75, 3.05) is 12.4 Å². The number of rotatable bonds is 8. The number of hydrogen-bond donors (Lipinski definition) is 2. The normalized spacial score (nSPS) is 12.2. The Morgan fingerprint density at radius 3 is 2.42 bits per heavy atom. The predicted octanol–water partition coefficient (Wildman–Crippen LogP) is 4.19. The van der Waals surface area contributed by atoms with Crippen LogP contribution in [-0.4, -0.2) is 27.5 Å². The summed E-state index contributed by atoms with van der Waals surface area (Å²) >= 11 is 5.99. The number of anilines is 1. The lowest BCUT2D eigenvalue weighted by Gasteiger charge is -2.19. The number of aryl methyl sites for hydroxylation is 1. The molecule has 162 valence electrons. The molecule has 0 aliphatic heterocycles. The molecule has 3 aromatic rings. The van der Waals surface area contributed by atoms with Crippen LogP contribution in [0.2, 0.25) is 5.02 Å². The van der Waals surface area contributed by atoms with Gasteiger partial charge in [0, 0.05) is 10.7 Å². The van der Waals surface area contributed by atoms with Gasteiger partial charge in [0.1, 0.15) is 11.8 Å². The average Bonchev–Trinajstić information content (AvgIpc) is 2.74. The van der Waals surface area contributed by atoms with Crippen LogP contribution < -0.4 is 14.8 Å². The number of nitrogens with one attached hydrogen (secondary N) is 2. The molecule has 0 aliphatic rings. The molecule has 8 heteroatoms. The van der Waals surface area contributed by atoms with E-state index in [2.05, 4.69) is 10.0 Å². The van der Waals surface area contributed by atoms with Gasteiger partial charge in [-0.3, -0.25) is 4.79 Å². The minimum Gasteiger partial charge on any atom is -0.496 e. The summed E-state index contributed by atoms with van der Waals surface area (Å²) in [7, 11) is -2.45. The molecule has 0 spiro atoms. The molecule has 3 rings (SSSR count). The van der Waals surface area contributed by atoms with Crippen molar-refractivity contribution in [3.8, 4) is 5.75 Å². The van der Waals surface area contributed by atoms with Crippen molar-refractivity contribution in [2.24, 2.45) is 0 Å². The Morgan fingerprint density at radius 2 is 1.77 bits per heavy atom. The van der Waals surface area contributed by atoms with Crippen LogP contribution in [0.3, 0.4) is 0 Å². The molecule has 0 aliphatic carbocycles. The smallest absolute Gasteiger partial charge is 0.242 e. The highest BCUT2D eigenvalue weighted by molar-refractivity contribution is 7.89. The summed E-state index contributed by atoms with van der Waals surface area (Å²) in [6, 6.07) is 19.4.